The normalized spacial score (nSPS) is 10.7. The maximum absolute atomic E-state index is 13.8. The van der Waals surface area contributed by atoms with Gasteiger partial charge in [0.25, 0.3) is 0 Å². The number of hydrogen-bond donors (Lipinski definition) is 1. The lowest BCUT2D eigenvalue weighted by Gasteiger charge is -2.09. The van der Waals surface area contributed by atoms with E-state index in [2.05, 4.69) is 28.2 Å². The Balaban J connectivity index is 2.28. The number of nitrogens with one attached hydrogen (secondary N) is 1. The van der Waals surface area contributed by atoms with Crippen LogP contribution in [0.15, 0.2) is 46.9 Å². The molecule has 0 radical (unpaired) electrons. The van der Waals surface area contributed by atoms with E-state index >= 15 is 0 Å². The zero-order valence-electron chi connectivity index (χ0n) is 10.9. The summed E-state index contributed by atoms with van der Waals surface area (Å²) in [7, 11) is 0. The van der Waals surface area contributed by atoms with Crippen molar-refractivity contribution in [2.45, 2.75) is 19.9 Å². The summed E-state index contributed by atoms with van der Waals surface area (Å²) in [6, 6.07) is 13.3. The van der Waals surface area contributed by atoms with E-state index in [0.717, 1.165) is 28.6 Å². The molecular formula is C16H17BrFN. The van der Waals surface area contributed by atoms with Crippen LogP contribution in [0.4, 0.5) is 4.39 Å². The highest BCUT2D eigenvalue weighted by atomic mass is 79.9. The van der Waals surface area contributed by atoms with E-state index in [9.17, 15) is 4.39 Å². The molecule has 2 aromatic carbocycles. The lowest BCUT2D eigenvalue weighted by molar-refractivity contribution is 0.587. The minimum absolute atomic E-state index is 0.153. The Hall–Kier alpha value is -1.19. The maximum Gasteiger partial charge on any atom is 0.127 e. The highest BCUT2D eigenvalue weighted by Crippen LogP contribution is 2.29. The van der Waals surface area contributed by atoms with Crippen LogP contribution < -0.4 is 5.32 Å². The van der Waals surface area contributed by atoms with Gasteiger partial charge in [0.1, 0.15) is 5.82 Å². The molecule has 3 heteroatoms. The van der Waals surface area contributed by atoms with Crippen molar-refractivity contribution < 1.29 is 4.39 Å². The van der Waals surface area contributed by atoms with Gasteiger partial charge in [-0.15, -0.1) is 0 Å². The highest BCUT2D eigenvalue weighted by molar-refractivity contribution is 9.10. The van der Waals surface area contributed by atoms with E-state index in [-0.39, 0.29) is 5.82 Å². The quantitative estimate of drug-likeness (QED) is 0.783. The Morgan fingerprint density at radius 2 is 1.95 bits per heavy atom. The zero-order chi connectivity index (χ0) is 13.7. The van der Waals surface area contributed by atoms with Crippen LogP contribution in [-0.4, -0.2) is 6.54 Å². The fraction of sp³-hybridized carbons (Fsp3) is 0.250. The fourth-order valence-corrected chi connectivity index (χ4v) is 2.49. The molecule has 0 heterocycles. The Bertz CT molecular complexity index is 554. The van der Waals surface area contributed by atoms with Gasteiger partial charge < -0.3 is 5.32 Å². The second-order valence-electron chi connectivity index (χ2n) is 4.46. The van der Waals surface area contributed by atoms with Gasteiger partial charge in [0.2, 0.25) is 0 Å². The molecule has 1 nitrogen and oxygen atoms in total. The Morgan fingerprint density at radius 3 is 2.68 bits per heavy atom. The van der Waals surface area contributed by atoms with Crippen molar-refractivity contribution >= 4 is 15.9 Å². The van der Waals surface area contributed by atoms with E-state index in [1.807, 2.05) is 36.4 Å². The van der Waals surface area contributed by atoms with Crippen molar-refractivity contribution in [1.82, 2.24) is 5.32 Å². The van der Waals surface area contributed by atoms with Crippen molar-refractivity contribution in [3.8, 4) is 11.1 Å². The SMILES string of the molecule is CCCNCc1cc(-c2ccccc2Br)ccc1F. The van der Waals surface area contributed by atoms with Gasteiger partial charge >= 0.3 is 0 Å². The first-order valence-electron chi connectivity index (χ1n) is 6.46. The first kappa shape index (κ1) is 14.2. The molecule has 0 unspecified atom stereocenters. The molecule has 0 bridgehead atoms. The lowest BCUT2D eigenvalue weighted by Crippen LogP contribution is -2.14. The van der Waals surface area contributed by atoms with Crippen LogP contribution in [0.1, 0.15) is 18.9 Å². The number of hydrogen-bond acceptors (Lipinski definition) is 1. The molecule has 0 atom stereocenters. The molecule has 100 valence electrons. The van der Waals surface area contributed by atoms with Gasteiger partial charge in [-0.1, -0.05) is 47.1 Å². The summed E-state index contributed by atoms with van der Waals surface area (Å²) in [5.74, 6) is -0.153. The zero-order valence-corrected chi connectivity index (χ0v) is 12.5. The third kappa shape index (κ3) is 3.64. The monoisotopic (exact) mass is 321 g/mol. The van der Waals surface area contributed by atoms with E-state index in [1.54, 1.807) is 0 Å². The van der Waals surface area contributed by atoms with Gasteiger partial charge in [-0.05, 0) is 42.3 Å². The molecule has 0 aliphatic carbocycles. The summed E-state index contributed by atoms with van der Waals surface area (Å²) in [4.78, 5) is 0. The molecule has 0 saturated heterocycles. The molecule has 0 spiro atoms. The summed E-state index contributed by atoms with van der Waals surface area (Å²) >= 11 is 3.53. The largest absolute Gasteiger partial charge is 0.313 e. The standard InChI is InChI=1S/C16H17BrFN/c1-2-9-19-11-13-10-12(7-8-16(13)18)14-5-3-4-6-15(14)17/h3-8,10,19H,2,9,11H2,1H3. The molecule has 19 heavy (non-hydrogen) atoms. The molecule has 0 aliphatic heterocycles. The van der Waals surface area contributed by atoms with Crippen LogP contribution in [0.5, 0.6) is 0 Å². The third-order valence-electron chi connectivity index (χ3n) is 2.97. The summed E-state index contributed by atoms with van der Waals surface area (Å²) < 4.78 is 14.8. The van der Waals surface area contributed by atoms with Crippen molar-refractivity contribution in [1.29, 1.82) is 0 Å². The smallest absolute Gasteiger partial charge is 0.127 e. The van der Waals surface area contributed by atoms with E-state index < -0.39 is 0 Å². The Morgan fingerprint density at radius 1 is 1.16 bits per heavy atom. The molecule has 0 amide bonds. The molecule has 2 rings (SSSR count). The van der Waals surface area contributed by atoms with Gasteiger partial charge in [-0.2, -0.15) is 0 Å². The molecule has 0 aromatic heterocycles. The van der Waals surface area contributed by atoms with Crippen LogP contribution in [-0.2, 0) is 6.54 Å². The van der Waals surface area contributed by atoms with Gasteiger partial charge in [0.15, 0.2) is 0 Å². The molecule has 2 aromatic rings. The van der Waals surface area contributed by atoms with Crippen molar-refractivity contribution in [3.05, 3.63) is 58.3 Å². The molecule has 0 saturated carbocycles. The highest BCUT2D eigenvalue weighted by Gasteiger charge is 2.07. The predicted molar refractivity (Wildman–Crippen MR) is 81.5 cm³/mol. The van der Waals surface area contributed by atoms with Gasteiger partial charge in [-0.25, -0.2) is 4.39 Å². The molecular weight excluding hydrogens is 305 g/mol. The third-order valence-corrected chi connectivity index (χ3v) is 3.66. The van der Waals surface area contributed by atoms with Crippen molar-refractivity contribution in [2.24, 2.45) is 0 Å². The average molecular weight is 322 g/mol. The van der Waals surface area contributed by atoms with Crippen molar-refractivity contribution in [3.63, 3.8) is 0 Å². The van der Waals surface area contributed by atoms with Crippen LogP contribution >= 0.6 is 15.9 Å². The first-order chi connectivity index (χ1) is 9.22. The average Bonchev–Trinajstić information content (AvgIpc) is 2.42. The Labute approximate surface area is 122 Å². The number of benzene rings is 2. The summed E-state index contributed by atoms with van der Waals surface area (Å²) in [6.07, 6.45) is 1.05. The lowest BCUT2D eigenvalue weighted by atomic mass is 10.0. The topological polar surface area (TPSA) is 12.0 Å². The van der Waals surface area contributed by atoms with Crippen LogP contribution in [0, 0.1) is 5.82 Å². The summed E-state index contributed by atoms with van der Waals surface area (Å²) in [6.45, 7) is 3.57. The molecule has 0 fully saturated rings. The second kappa shape index (κ2) is 6.83. The van der Waals surface area contributed by atoms with Crippen LogP contribution in [0.25, 0.3) is 11.1 Å². The van der Waals surface area contributed by atoms with Gasteiger partial charge in [0.05, 0.1) is 0 Å². The molecule has 0 aliphatic rings. The maximum atomic E-state index is 13.8. The first-order valence-corrected chi connectivity index (χ1v) is 7.25. The van der Waals surface area contributed by atoms with Crippen molar-refractivity contribution in [2.75, 3.05) is 6.54 Å². The van der Waals surface area contributed by atoms with Gasteiger partial charge in [-0.3, -0.25) is 0 Å². The minimum atomic E-state index is -0.153. The van der Waals surface area contributed by atoms with Gasteiger partial charge in [0, 0.05) is 16.6 Å². The fourth-order valence-electron chi connectivity index (χ4n) is 1.97. The van der Waals surface area contributed by atoms with Crippen LogP contribution in [0.3, 0.4) is 0 Å². The predicted octanol–water partition coefficient (Wildman–Crippen LogP) is 4.75. The van der Waals surface area contributed by atoms with E-state index in [1.165, 1.54) is 6.07 Å². The minimum Gasteiger partial charge on any atom is -0.313 e. The number of rotatable bonds is 5. The summed E-state index contributed by atoms with van der Waals surface area (Å²) in [5.41, 5.74) is 2.82. The Kier molecular flexibility index (Phi) is 5.11. The number of halogens is 2. The van der Waals surface area contributed by atoms with E-state index in [0.29, 0.717) is 12.1 Å². The second-order valence-corrected chi connectivity index (χ2v) is 5.32. The summed E-state index contributed by atoms with van der Waals surface area (Å²) in [5, 5.41) is 3.23. The van der Waals surface area contributed by atoms with Crippen LogP contribution in [0.2, 0.25) is 0 Å². The molecule has 1 N–H and O–H groups in total. The van der Waals surface area contributed by atoms with E-state index in [4.69, 9.17) is 0 Å².